The van der Waals surface area contributed by atoms with Crippen LogP contribution in [0.4, 0.5) is 11.4 Å². The van der Waals surface area contributed by atoms with E-state index in [0.29, 0.717) is 35.1 Å². The normalized spacial score (nSPS) is 14.7. The van der Waals surface area contributed by atoms with Gasteiger partial charge < -0.3 is 19.7 Å². The van der Waals surface area contributed by atoms with E-state index in [1.807, 2.05) is 11.8 Å². The summed E-state index contributed by atoms with van der Waals surface area (Å²) in [7, 11) is -0.994. The smallest absolute Gasteiger partial charge is 0.286 e. The van der Waals surface area contributed by atoms with E-state index < -0.39 is 10.0 Å². The maximum atomic E-state index is 12.9. The van der Waals surface area contributed by atoms with Crippen LogP contribution in [0.1, 0.15) is 18.9 Å². The quantitative estimate of drug-likeness (QED) is 0.744. The highest BCUT2D eigenvalue weighted by molar-refractivity contribution is 7.90. The van der Waals surface area contributed by atoms with Crippen LogP contribution < -0.4 is 15.0 Å². The Morgan fingerprint density at radius 1 is 1.17 bits per heavy atom. The Morgan fingerprint density at radius 3 is 2.66 bits per heavy atom. The molecule has 1 amide bonds. The first-order valence-electron chi connectivity index (χ1n) is 9.09. The summed E-state index contributed by atoms with van der Waals surface area (Å²) in [6, 6.07) is 11.9. The molecule has 2 aromatic carbocycles. The van der Waals surface area contributed by atoms with E-state index in [-0.39, 0.29) is 17.4 Å². The van der Waals surface area contributed by atoms with Gasteiger partial charge in [-0.2, -0.15) is 8.42 Å². The largest absolute Gasteiger partial charge is 0.497 e. The first-order valence-corrected chi connectivity index (χ1v) is 10.5. The van der Waals surface area contributed by atoms with Gasteiger partial charge in [0.25, 0.3) is 10.0 Å². The van der Waals surface area contributed by atoms with Crippen LogP contribution in [0.15, 0.2) is 51.8 Å². The van der Waals surface area contributed by atoms with Crippen LogP contribution in [-0.2, 0) is 19.6 Å². The number of carbonyl (C=O) groups is 1. The molecular weight excluding hydrogens is 394 g/mol. The van der Waals surface area contributed by atoms with Crippen molar-refractivity contribution in [1.29, 1.82) is 0 Å². The Labute approximate surface area is 170 Å². The standard InChI is InChI=1S/C20H23N3O5S/c1-4-10-23-17-9-8-15(21-19(24)13-27-2)12-18(17)29(25,26)22-20(23)14-6-5-7-16(11-14)28-3/h5-9,11-12H,4,10,13H2,1-3H3,(H,21,24). The summed E-state index contributed by atoms with van der Waals surface area (Å²) in [6.45, 7) is 2.46. The number of fused-ring (bicyclic) bond motifs is 1. The fourth-order valence-electron chi connectivity index (χ4n) is 3.10. The number of rotatable bonds is 7. The second kappa shape index (κ2) is 8.62. The predicted octanol–water partition coefficient (Wildman–Crippen LogP) is 2.65. The molecule has 3 rings (SSSR count). The van der Waals surface area contributed by atoms with Crippen LogP contribution in [0.2, 0.25) is 0 Å². The minimum Gasteiger partial charge on any atom is -0.497 e. The van der Waals surface area contributed by atoms with Crippen molar-refractivity contribution < 1.29 is 22.7 Å². The first kappa shape index (κ1) is 20.8. The van der Waals surface area contributed by atoms with E-state index >= 15 is 0 Å². The summed E-state index contributed by atoms with van der Waals surface area (Å²) >= 11 is 0. The van der Waals surface area contributed by atoms with Gasteiger partial charge in [0, 0.05) is 24.9 Å². The number of amidine groups is 1. The zero-order valence-electron chi connectivity index (χ0n) is 16.5. The Morgan fingerprint density at radius 2 is 1.97 bits per heavy atom. The molecule has 0 atom stereocenters. The number of nitrogens with one attached hydrogen (secondary N) is 1. The van der Waals surface area contributed by atoms with Crippen molar-refractivity contribution in [2.75, 3.05) is 37.6 Å². The monoisotopic (exact) mass is 417 g/mol. The molecule has 1 aliphatic heterocycles. The molecule has 0 fully saturated rings. The van der Waals surface area contributed by atoms with Gasteiger partial charge in [-0.3, -0.25) is 4.79 Å². The van der Waals surface area contributed by atoms with Crippen LogP contribution in [0.25, 0.3) is 0 Å². The highest BCUT2D eigenvalue weighted by Crippen LogP contribution is 2.35. The average Bonchev–Trinajstić information content (AvgIpc) is 2.70. The van der Waals surface area contributed by atoms with Gasteiger partial charge in [0.05, 0.1) is 12.8 Å². The van der Waals surface area contributed by atoms with Gasteiger partial charge in [0.2, 0.25) is 5.91 Å². The predicted molar refractivity (Wildman–Crippen MR) is 111 cm³/mol. The van der Waals surface area contributed by atoms with Gasteiger partial charge in [0.15, 0.2) is 5.84 Å². The van der Waals surface area contributed by atoms with Crippen LogP contribution in [0.3, 0.4) is 0 Å². The van der Waals surface area contributed by atoms with Gasteiger partial charge in [-0.15, -0.1) is 4.40 Å². The Kier molecular flexibility index (Phi) is 6.19. The molecule has 1 aliphatic rings. The van der Waals surface area contributed by atoms with Gasteiger partial charge in [-0.25, -0.2) is 0 Å². The van der Waals surface area contributed by atoms with E-state index in [0.717, 1.165) is 6.42 Å². The number of carbonyl (C=O) groups excluding carboxylic acids is 1. The number of benzene rings is 2. The summed E-state index contributed by atoms with van der Waals surface area (Å²) in [5.41, 5.74) is 1.53. The maximum absolute atomic E-state index is 12.9. The Hall–Kier alpha value is -2.91. The number of methoxy groups -OCH3 is 2. The van der Waals surface area contributed by atoms with Gasteiger partial charge >= 0.3 is 0 Å². The summed E-state index contributed by atoms with van der Waals surface area (Å²) in [5, 5.41) is 2.62. The van der Waals surface area contributed by atoms with Crippen molar-refractivity contribution in [2.24, 2.45) is 4.40 Å². The molecule has 0 aromatic heterocycles. The van der Waals surface area contributed by atoms with Crippen molar-refractivity contribution in [3.63, 3.8) is 0 Å². The summed E-state index contributed by atoms with van der Waals surface area (Å²) in [4.78, 5) is 13.7. The molecule has 0 spiro atoms. The van der Waals surface area contributed by atoms with Crippen molar-refractivity contribution in [1.82, 2.24) is 0 Å². The van der Waals surface area contributed by atoms with Gasteiger partial charge in [-0.1, -0.05) is 19.1 Å². The lowest BCUT2D eigenvalue weighted by atomic mass is 10.1. The zero-order chi connectivity index (χ0) is 21.0. The minimum absolute atomic E-state index is 0.0489. The summed E-state index contributed by atoms with van der Waals surface area (Å²) in [5.74, 6) is 0.585. The number of nitrogens with zero attached hydrogens (tertiary/aromatic N) is 2. The lowest BCUT2D eigenvalue weighted by molar-refractivity contribution is -0.119. The third kappa shape index (κ3) is 4.41. The average molecular weight is 417 g/mol. The van der Waals surface area contributed by atoms with Crippen LogP contribution in [0.5, 0.6) is 5.75 Å². The number of hydrogen-bond acceptors (Lipinski definition) is 6. The van der Waals surface area contributed by atoms with Crippen LogP contribution in [0, 0.1) is 0 Å². The Bertz CT molecular complexity index is 1050. The zero-order valence-corrected chi connectivity index (χ0v) is 17.3. The number of ether oxygens (including phenoxy) is 2. The third-order valence-electron chi connectivity index (χ3n) is 4.33. The maximum Gasteiger partial charge on any atom is 0.286 e. The molecule has 0 bridgehead atoms. The molecule has 0 aliphatic carbocycles. The van der Waals surface area contributed by atoms with E-state index in [9.17, 15) is 13.2 Å². The minimum atomic E-state index is -3.96. The topological polar surface area (TPSA) is 97.3 Å². The van der Waals surface area contributed by atoms with Crippen molar-refractivity contribution in [3.8, 4) is 5.75 Å². The Balaban J connectivity index is 2.08. The highest BCUT2D eigenvalue weighted by atomic mass is 32.2. The molecule has 0 radical (unpaired) electrons. The molecular formula is C20H23N3O5S. The summed E-state index contributed by atoms with van der Waals surface area (Å²) < 4.78 is 40.0. The van der Waals surface area contributed by atoms with Gasteiger partial charge in [-0.05, 0) is 36.8 Å². The van der Waals surface area contributed by atoms with Crippen LogP contribution in [-0.4, -0.2) is 47.5 Å². The fraction of sp³-hybridized carbons (Fsp3) is 0.300. The molecule has 0 saturated carbocycles. The SMILES string of the molecule is CCCN1C(c2cccc(OC)c2)=NS(=O)(=O)c2cc(NC(=O)COC)ccc21. The number of anilines is 2. The van der Waals surface area contributed by atoms with Crippen molar-refractivity contribution >= 4 is 33.1 Å². The lowest BCUT2D eigenvalue weighted by Gasteiger charge is -2.31. The lowest BCUT2D eigenvalue weighted by Crippen LogP contribution is -2.37. The van der Waals surface area contributed by atoms with E-state index in [4.69, 9.17) is 9.47 Å². The van der Waals surface area contributed by atoms with E-state index in [1.165, 1.54) is 13.2 Å². The number of hydrogen-bond donors (Lipinski definition) is 1. The second-order valence-electron chi connectivity index (χ2n) is 6.44. The van der Waals surface area contributed by atoms with E-state index in [2.05, 4.69) is 9.71 Å². The number of amides is 1. The molecule has 1 heterocycles. The van der Waals surface area contributed by atoms with Crippen molar-refractivity contribution in [2.45, 2.75) is 18.2 Å². The van der Waals surface area contributed by atoms with Gasteiger partial charge in [0.1, 0.15) is 17.3 Å². The fourth-order valence-corrected chi connectivity index (χ4v) is 4.35. The third-order valence-corrected chi connectivity index (χ3v) is 5.62. The first-order chi connectivity index (χ1) is 13.9. The van der Waals surface area contributed by atoms with Crippen molar-refractivity contribution in [3.05, 3.63) is 48.0 Å². The molecule has 9 heteroatoms. The second-order valence-corrected chi connectivity index (χ2v) is 8.01. The molecule has 1 N–H and O–H groups in total. The molecule has 29 heavy (non-hydrogen) atoms. The molecule has 0 saturated heterocycles. The summed E-state index contributed by atoms with van der Waals surface area (Å²) in [6.07, 6.45) is 0.787. The highest BCUT2D eigenvalue weighted by Gasteiger charge is 2.31. The number of sulfonamides is 1. The molecule has 2 aromatic rings. The molecule has 154 valence electrons. The van der Waals surface area contributed by atoms with Crippen LogP contribution >= 0.6 is 0 Å². The molecule has 0 unspecified atom stereocenters. The van der Waals surface area contributed by atoms with E-state index in [1.54, 1.807) is 43.5 Å². The molecule has 8 nitrogen and oxygen atoms in total.